The minimum atomic E-state index is -0.946. The van der Waals surface area contributed by atoms with E-state index in [4.69, 9.17) is 9.84 Å². The molecule has 0 amide bonds. The number of rotatable bonds is 3. The molecule has 3 heteroatoms. The molecular formula is C14H18O3. The number of benzene rings is 1. The molecule has 0 fully saturated rings. The van der Waals surface area contributed by atoms with Crippen molar-refractivity contribution in [3.05, 3.63) is 35.4 Å². The largest absolute Gasteiger partial charge is 0.496 e. The molecule has 1 aromatic carbocycles. The van der Waals surface area contributed by atoms with Crippen molar-refractivity contribution < 1.29 is 14.6 Å². The molecule has 0 saturated carbocycles. The maximum absolute atomic E-state index is 10.5. The number of carboxylic acid groups (broad SMARTS) is 1. The Morgan fingerprint density at radius 1 is 1.35 bits per heavy atom. The Morgan fingerprint density at radius 3 is 2.47 bits per heavy atom. The van der Waals surface area contributed by atoms with E-state index in [2.05, 4.69) is 20.8 Å². The number of ether oxygens (including phenoxy) is 1. The zero-order valence-electron chi connectivity index (χ0n) is 10.7. The Balaban J connectivity index is 3.18. The molecule has 0 spiro atoms. The number of hydrogen-bond acceptors (Lipinski definition) is 2. The lowest BCUT2D eigenvalue weighted by Crippen LogP contribution is -2.13. The van der Waals surface area contributed by atoms with E-state index in [1.54, 1.807) is 13.2 Å². The molecule has 0 aliphatic rings. The summed E-state index contributed by atoms with van der Waals surface area (Å²) in [6.45, 7) is 6.28. The van der Waals surface area contributed by atoms with E-state index in [1.807, 2.05) is 18.2 Å². The highest BCUT2D eigenvalue weighted by Gasteiger charge is 2.18. The summed E-state index contributed by atoms with van der Waals surface area (Å²) in [4.78, 5) is 10.5. The number of hydrogen-bond donors (Lipinski definition) is 1. The van der Waals surface area contributed by atoms with Gasteiger partial charge in [-0.05, 0) is 29.2 Å². The summed E-state index contributed by atoms with van der Waals surface area (Å²) in [5.74, 6) is -0.122. The molecule has 3 nitrogen and oxygen atoms in total. The van der Waals surface area contributed by atoms with Crippen LogP contribution >= 0.6 is 0 Å². The third kappa shape index (κ3) is 3.63. The number of carboxylic acids is 1. The highest BCUT2D eigenvalue weighted by atomic mass is 16.5. The van der Waals surface area contributed by atoms with Crippen LogP contribution in [0.1, 0.15) is 31.9 Å². The lowest BCUT2D eigenvalue weighted by atomic mass is 9.85. The van der Waals surface area contributed by atoms with Gasteiger partial charge < -0.3 is 9.84 Å². The summed E-state index contributed by atoms with van der Waals surface area (Å²) >= 11 is 0. The number of carbonyl (C=O) groups is 1. The summed E-state index contributed by atoms with van der Waals surface area (Å²) < 4.78 is 5.31. The predicted octanol–water partition coefficient (Wildman–Crippen LogP) is 3.09. The van der Waals surface area contributed by atoms with Gasteiger partial charge in [0.1, 0.15) is 5.75 Å². The second-order valence-corrected chi connectivity index (χ2v) is 4.88. The van der Waals surface area contributed by atoms with E-state index in [-0.39, 0.29) is 5.41 Å². The zero-order valence-corrected chi connectivity index (χ0v) is 10.7. The van der Waals surface area contributed by atoms with Gasteiger partial charge in [-0.25, -0.2) is 4.79 Å². The second-order valence-electron chi connectivity index (χ2n) is 4.88. The van der Waals surface area contributed by atoms with Crippen LogP contribution in [0.15, 0.2) is 24.3 Å². The van der Waals surface area contributed by atoms with Gasteiger partial charge in [0.15, 0.2) is 0 Å². The van der Waals surface area contributed by atoms with Crippen molar-refractivity contribution in [2.45, 2.75) is 26.2 Å². The quantitative estimate of drug-likeness (QED) is 0.817. The van der Waals surface area contributed by atoms with Crippen LogP contribution in [0.3, 0.4) is 0 Å². The van der Waals surface area contributed by atoms with E-state index < -0.39 is 5.97 Å². The minimum Gasteiger partial charge on any atom is -0.496 e. The first-order valence-corrected chi connectivity index (χ1v) is 5.44. The van der Waals surface area contributed by atoms with Gasteiger partial charge in [-0.3, -0.25) is 0 Å². The van der Waals surface area contributed by atoms with Gasteiger partial charge in [-0.1, -0.05) is 26.8 Å². The van der Waals surface area contributed by atoms with Gasteiger partial charge >= 0.3 is 5.97 Å². The number of methoxy groups -OCH3 is 1. The first-order valence-electron chi connectivity index (χ1n) is 5.44. The SMILES string of the molecule is COc1ccc(/C=C/C(=O)O)cc1C(C)(C)C. The lowest BCUT2D eigenvalue weighted by Gasteiger charge is -2.22. The molecule has 1 rings (SSSR count). The van der Waals surface area contributed by atoms with Crippen molar-refractivity contribution in [3.8, 4) is 5.75 Å². The molecule has 0 heterocycles. The molecule has 0 radical (unpaired) electrons. The Bertz CT molecular complexity index is 439. The van der Waals surface area contributed by atoms with E-state index in [0.29, 0.717) is 0 Å². The predicted molar refractivity (Wildman–Crippen MR) is 68.4 cm³/mol. The maximum atomic E-state index is 10.5. The van der Waals surface area contributed by atoms with Crippen LogP contribution in [0.5, 0.6) is 5.75 Å². The molecule has 1 aromatic rings. The monoisotopic (exact) mass is 234 g/mol. The fourth-order valence-corrected chi connectivity index (χ4v) is 1.58. The Hall–Kier alpha value is -1.77. The summed E-state index contributed by atoms with van der Waals surface area (Å²) in [6, 6.07) is 5.66. The fraction of sp³-hybridized carbons (Fsp3) is 0.357. The summed E-state index contributed by atoms with van der Waals surface area (Å²) in [6.07, 6.45) is 2.71. The maximum Gasteiger partial charge on any atom is 0.328 e. The van der Waals surface area contributed by atoms with Crippen molar-refractivity contribution in [2.24, 2.45) is 0 Å². The van der Waals surface area contributed by atoms with Gasteiger partial charge in [0.2, 0.25) is 0 Å². The number of aliphatic carboxylic acids is 1. The van der Waals surface area contributed by atoms with Crippen molar-refractivity contribution in [3.63, 3.8) is 0 Å². The summed E-state index contributed by atoms with van der Waals surface area (Å²) in [5.41, 5.74) is 1.88. The van der Waals surface area contributed by atoms with Crippen LogP contribution in [0.25, 0.3) is 6.08 Å². The van der Waals surface area contributed by atoms with Crippen LogP contribution in [-0.2, 0) is 10.2 Å². The highest BCUT2D eigenvalue weighted by Crippen LogP contribution is 2.32. The van der Waals surface area contributed by atoms with Gasteiger partial charge in [0.05, 0.1) is 7.11 Å². The van der Waals surface area contributed by atoms with Crippen molar-refractivity contribution in [2.75, 3.05) is 7.11 Å². The second kappa shape index (κ2) is 5.04. The topological polar surface area (TPSA) is 46.5 Å². The molecule has 0 saturated heterocycles. The molecule has 0 bridgehead atoms. The van der Waals surface area contributed by atoms with Crippen LogP contribution < -0.4 is 4.74 Å². The standard InChI is InChI=1S/C14H18O3/c1-14(2,3)11-9-10(6-8-13(15)16)5-7-12(11)17-4/h5-9H,1-4H3,(H,15,16)/b8-6+. The fourth-order valence-electron chi connectivity index (χ4n) is 1.58. The van der Waals surface area contributed by atoms with Crippen LogP contribution in [0.2, 0.25) is 0 Å². The summed E-state index contributed by atoms with van der Waals surface area (Å²) in [5, 5.41) is 8.59. The first kappa shape index (κ1) is 13.3. The zero-order chi connectivity index (χ0) is 13.1. The normalized spacial score (nSPS) is 11.8. The van der Waals surface area contributed by atoms with Gasteiger partial charge in [-0.2, -0.15) is 0 Å². The molecule has 1 N–H and O–H groups in total. The molecule has 0 unspecified atom stereocenters. The molecular weight excluding hydrogens is 216 g/mol. The Morgan fingerprint density at radius 2 is 2.00 bits per heavy atom. The third-order valence-electron chi connectivity index (χ3n) is 2.45. The average molecular weight is 234 g/mol. The Kier molecular flexibility index (Phi) is 3.94. The van der Waals surface area contributed by atoms with Gasteiger partial charge in [0, 0.05) is 11.6 Å². The van der Waals surface area contributed by atoms with Crippen LogP contribution in [0, 0.1) is 0 Å². The van der Waals surface area contributed by atoms with E-state index in [9.17, 15) is 4.79 Å². The smallest absolute Gasteiger partial charge is 0.328 e. The van der Waals surface area contributed by atoms with Crippen molar-refractivity contribution in [1.82, 2.24) is 0 Å². The molecule has 0 aromatic heterocycles. The molecule has 0 aliphatic carbocycles. The molecule has 92 valence electrons. The molecule has 17 heavy (non-hydrogen) atoms. The highest BCUT2D eigenvalue weighted by molar-refractivity contribution is 5.85. The van der Waals surface area contributed by atoms with Crippen LogP contribution in [-0.4, -0.2) is 18.2 Å². The van der Waals surface area contributed by atoms with Crippen molar-refractivity contribution in [1.29, 1.82) is 0 Å². The first-order chi connectivity index (χ1) is 7.84. The van der Waals surface area contributed by atoms with Gasteiger partial charge in [-0.15, -0.1) is 0 Å². The van der Waals surface area contributed by atoms with Crippen LogP contribution in [0.4, 0.5) is 0 Å². The van der Waals surface area contributed by atoms with E-state index in [1.165, 1.54) is 0 Å². The van der Waals surface area contributed by atoms with E-state index >= 15 is 0 Å². The lowest BCUT2D eigenvalue weighted by molar-refractivity contribution is -0.131. The average Bonchev–Trinajstić information content (AvgIpc) is 2.24. The minimum absolute atomic E-state index is 0.0432. The third-order valence-corrected chi connectivity index (χ3v) is 2.45. The van der Waals surface area contributed by atoms with Gasteiger partial charge in [0.25, 0.3) is 0 Å². The summed E-state index contributed by atoms with van der Waals surface area (Å²) in [7, 11) is 1.64. The molecule has 0 atom stereocenters. The molecule has 0 aliphatic heterocycles. The van der Waals surface area contributed by atoms with E-state index in [0.717, 1.165) is 23.0 Å². The van der Waals surface area contributed by atoms with Crippen molar-refractivity contribution >= 4 is 12.0 Å². The Labute approximate surface area is 102 Å².